The van der Waals surface area contributed by atoms with E-state index in [1.54, 1.807) is 17.0 Å². The highest BCUT2D eigenvalue weighted by Gasteiger charge is 2.21. The van der Waals surface area contributed by atoms with E-state index < -0.39 is 0 Å². The molecule has 102 valence electrons. The molecule has 5 nitrogen and oxygen atoms in total. The van der Waals surface area contributed by atoms with E-state index in [0.29, 0.717) is 17.8 Å². The standard InChI is InChI=1S/C14H19N3O2/c1-2-6-16-13(18)11-5-7-15-12(10-11)14(19)17-8-3-4-9-17/h5,7,10H,2-4,6,8-9H2,1H3,(H,16,18). The minimum absolute atomic E-state index is 0.0809. The second-order valence-electron chi connectivity index (χ2n) is 4.68. The third kappa shape index (κ3) is 3.30. The van der Waals surface area contributed by atoms with E-state index >= 15 is 0 Å². The topological polar surface area (TPSA) is 62.3 Å². The normalized spacial score (nSPS) is 14.5. The van der Waals surface area contributed by atoms with E-state index in [1.807, 2.05) is 6.92 Å². The summed E-state index contributed by atoms with van der Waals surface area (Å²) in [4.78, 5) is 29.9. The molecule has 0 atom stereocenters. The van der Waals surface area contributed by atoms with Gasteiger partial charge in [0.2, 0.25) is 0 Å². The molecule has 0 unspecified atom stereocenters. The first kappa shape index (κ1) is 13.5. The van der Waals surface area contributed by atoms with Gasteiger partial charge in [0.05, 0.1) is 0 Å². The van der Waals surface area contributed by atoms with Gasteiger partial charge in [-0.15, -0.1) is 0 Å². The van der Waals surface area contributed by atoms with Gasteiger partial charge in [-0.05, 0) is 31.4 Å². The first-order chi connectivity index (χ1) is 9.22. The molecule has 0 radical (unpaired) electrons. The van der Waals surface area contributed by atoms with Crippen molar-refractivity contribution in [1.82, 2.24) is 15.2 Å². The minimum Gasteiger partial charge on any atom is -0.352 e. The molecule has 0 spiro atoms. The van der Waals surface area contributed by atoms with Crippen LogP contribution in [0.2, 0.25) is 0 Å². The van der Waals surface area contributed by atoms with Crippen LogP contribution in [-0.4, -0.2) is 41.3 Å². The van der Waals surface area contributed by atoms with Crippen molar-refractivity contribution < 1.29 is 9.59 Å². The van der Waals surface area contributed by atoms with Crippen LogP contribution in [0.1, 0.15) is 47.0 Å². The molecule has 2 amide bonds. The molecule has 1 aromatic rings. The quantitative estimate of drug-likeness (QED) is 0.892. The number of amides is 2. The largest absolute Gasteiger partial charge is 0.352 e. The molecule has 0 saturated carbocycles. The Labute approximate surface area is 113 Å². The number of nitrogens with zero attached hydrogens (tertiary/aromatic N) is 2. The first-order valence-corrected chi connectivity index (χ1v) is 6.76. The lowest BCUT2D eigenvalue weighted by Gasteiger charge is -2.14. The monoisotopic (exact) mass is 261 g/mol. The fourth-order valence-electron chi connectivity index (χ4n) is 2.11. The molecule has 1 aliphatic rings. The second kappa shape index (κ2) is 6.31. The van der Waals surface area contributed by atoms with Crippen LogP contribution in [0.15, 0.2) is 18.3 Å². The Morgan fingerprint density at radius 2 is 2.11 bits per heavy atom. The number of aromatic nitrogens is 1. The molecule has 1 saturated heterocycles. The van der Waals surface area contributed by atoms with Crippen LogP contribution in [0.25, 0.3) is 0 Å². The molecular formula is C14H19N3O2. The van der Waals surface area contributed by atoms with Crippen molar-refractivity contribution in [3.05, 3.63) is 29.6 Å². The Hall–Kier alpha value is -1.91. The van der Waals surface area contributed by atoms with Gasteiger partial charge in [0.25, 0.3) is 11.8 Å². The van der Waals surface area contributed by atoms with E-state index in [9.17, 15) is 9.59 Å². The number of hydrogen-bond acceptors (Lipinski definition) is 3. The summed E-state index contributed by atoms with van der Waals surface area (Å²) in [5.41, 5.74) is 0.844. The predicted octanol–water partition coefficient (Wildman–Crippen LogP) is 1.46. The van der Waals surface area contributed by atoms with Crippen LogP contribution in [0.3, 0.4) is 0 Å². The van der Waals surface area contributed by atoms with Gasteiger partial charge < -0.3 is 10.2 Å². The zero-order valence-corrected chi connectivity index (χ0v) is 11.2. The summed E-state index contributed by atoms with van der Waals surface area (Å²) in [6.07, 6.45) is 4.49. The van der Waals surface area contributed by atoms with Crippen molar-refractivity contribution in [3.63, 3.8) is 0 Å². The Morgan fingerprint density at radius 1 is 1.37 bits per heavy atom. The molecule has 19 heavy (non-hydrogen) atoms. The number of nitrogens with one attached hydrogen (secondary N) is 1. The fraction of sp³-hybridized carbons (Fsp3) is 0.500. The summed E-state index contributed by atoms with van der Waals surface area (Å²) in [5.74, 6) is -0.234. The van der Waals surface area contributed by atoms with Crippen LogP contribution in [0.5, 0.6) is 0 Å². The van der Waals surface area contributed by atoms with Crippen molar-refractivity contribution in [1.29, 1.82) is 0 Å². The molecule has 2 heterocycles. The van der Waals surface area contributed by atoms with Crippen LogP contribution >= 0.6 is 0 Å². The van der Waals surface area contributed by atoms with Gasteiger partial charge in [-0.25, -0.2) is 0 Å². The van der Waals surface area contributed by atoms with Crippen molar-refractivity contribution in [2.75, 3.05) is 19.6 Å². The zero-order valence-electron chi connectivity index (χ0n) is 11.2. The third-order valence-corrected chi connectivity index (χ3v) is 3.17. The number of carbonyl (C=O) groups is 2. The van der Waals surface area contributed by atoms with Crippen LogP contribution in [-0.2, 0) is 0 Å². The van der Waals surface area contributed by atoms with Crippen molar-refractivity contribution in [3.8, 4) is 0 Å². The summed E-state index contributed by atoms with van der Waals surface area (Å²) < 4.78 is 0. The van der Waals surface area contributed by atoms with Gasteiger partial charge in [0, 0.05) is 31.4 Å². The highest BCUT2D eigenvalue weighted by Crippen LogP contribution is 2.12. The van der Waals surface area contributed by atoms with Gasteiger partial charge in [0.1, 0.15) is 5.69 Å². The summed E-state index contributed by atoms with van der Waals surface area (Å²) in [6, 6.07) is 3.21. The van der Waals surface area contributed by atoms with E-state index in [0.717, 1.165) is 32.4 Å². The molecule has 0 aliphatic carbocycles. The molecule has 2 rings (SSSR count). The maximum atomic E-state index is 12.2. The Bertz CT molecular complexity index is 468. The summed E-state index contributed by atoms with van der Waals surface area (Å²) in [5, 5.41) is 2.79. The Kier molecular flexibility index (Phi) is 4.49. The van der Waals surface area contributed by atoms with E-state index in [1.165, 1.54) is 6.20 Å². The highest BCUT2D eigenvalue weighted by atomic mass is 16.2. The molecule has 0 aromatic carbocycles. The van der Waals surface area contributed by atoms with E-state index in [-0.39, 0.29) is 11.8 Å². The second-order valence-corrected chi connectivity index (χ2v) is 4.68. The van der Waals surface area contributed by atoms with Gasteiger partial charge in [-0.1, -0.05) is 6.92 Å². The van der Waals surface area contributed by atoms with Crippen molar-refractivity contribution >= 4 is 11.8 Å². The fourth-order valence-corrected chi connectivity index (χ4v) is 2.11. The Balaban J connectivity index is 2.10. The van der Waals surface area contributed by atoms with Gasteiger partial charge in [0.15, 0.2) is 0 Å². The lowest BCUT2D eigenvalue weighted by atomic mass is 10.2. The average Bonchev–Trinajstić information content (AvgIpc) is 2.98. The molecule has 1 aromatic heterocycles. The number of pyridine rings is 1. The molecule has 5 heteroatoms. The van der Waals surface area contributed by atoms with Crippen molar-refractivity contribution in [2.45, 2.75) is 26.2 Å². The average molecular weight is 261 g/mol. The maximum Gasteiger partial charge on any atom is 0.272 e. The third-order valence-electron chi connectivity index (χ3n) is 3.17. The predicted molar refractivity (Wildman–Crippen MR) is 72.0 cm³/mol. The van der Waals surface area contributed by atoms with Gasteiger partial charge in [-0.3, -0.25) is 14.6 Å². The molecule has 1 fully saturated rings. The van der Waals surface area contributed by atoms with Crippen molar-refractivity contribution in [2.24, 2.45) is 0 Å². The first-order valence-electron chi connectivity index (χ1n) is 6.76. The van der Waals surface area contributed by atoms with Crippen LogP contribution < -0.4 is 5.32 Å². The molecule has 1 aliphatic heterocycles. The number of likely N-dealkylation sites (tertiary alicyclic amines) is 1. The summed E-state index contributed by atoms with van der Waals surface area (Å²) in [7, 11) is 0. The zero-order chi connectivity index (χ0) is 13.7. The highest BCUT2D eigenvalue weighted by molar-refractivity contribution is 5.98. The van der Waals surface area contributed by atoms with Crippen LogP contribution in [0, 0.1) is 0 Å². The van der Waals surface area contributed by atoms with Gasteiger partial charge >= 0.3 is 0 Å². The molecule has 1 N–H and O–H groups in total. The van der Waals surface area contributed by atoms with Crippen LogP contribution in [0.4, 0.5) is 0 Å². The maximum absolute atomic E-state index is 12.2. The van der Waals surface area contributed by atoms with E-state index in [2.05, 4.69) is 10.3 Å². The smallest absolute Gasteiger partial charge is 0.272 e. The number of carbonyl (C=O) groups excluding carboxylic acids is 2. The molecule has 0 bridgehead atoms. The summed E-state index contributed by atoms with van der Waals surface area (Å²) in [6.45, 7) is 4.20. The van der Waals surface area contributed by atoms with Gasteiger partial charge in [-0.2, -0.15) is 0 Å². The molecular weight excluding hydrogens is 242 g/mol. The lowest BCUT2D eigenvalue weighted by molar-refractivity contribution is 0.0787. The SMILES string of the molecule is CCCNC(=O)c1ccnc(C(=O)N2CCCC2)c1. The lowest BCUT2D eigenvalue weighted by Crippen LogP contribution is -2.29. The number of rotatable bonds is 4. The Morgan fingerprint density at radius 3 is 2.79 bits per heavy atom. The summed E-state index contributed by atoms with van der Waals surface area (Å²) >= 11 is 0. The number of hydrogen-bond donors (Lipinski definition) is 1. The minimum atomic E-state index is -0.153. The van der Waals surface area contributed by atoms with E-state index in [4.69, 9.17) is 0 Å².